The molecular formula is C20H22N2O5. The van der Waals surface area contributed by atoms with Crippen LogP contribution in [0.1, 0.15) is 30.5 Å². The Morgan fingerprint density at radius 3 is 2.48 bits per heavy atom. The topological polar surface area (TPSA) is 80.6 Å². The lowest BCUT2D eigenvalue weighted by atomic mass is 9.97. The number of para-hydroxylation sites is 1. The van der Waals surface area contributed by atoms with E-state index in [9.17, 15) is 9.90 Å². The molecule has 0 bridgehead atoms. The molecule has 7 heteroatoms. The van der Waals surface area contributed by atoms with Gasteiger partial charge in [0.25, 0.3) is 0 Å². The molecule has 1 unspecified atom stereocenters. The highest BCUT2D eigenvalue weighted by molar-refractivity contribution is 6.06. The van der Waals surface area contributed by atoms with E-state index in [0.717, 1.165) is 0 Å². The van der Waals surface area contributed by atoms with Crippen LogP contribution in [-0.2, 0) is 4.79 Å². The number of phenols is 1. The summed E-state index contributed by atoms with van der Waals surface area (Å²) in [6, 6.07) is 10.1. The molecule has 0 saturated carbocycles. The van der Waals surface area contributed by atoms with E-state index in [2.05, 4.69) is 5.10 Å². The summed E-state index contributed by atoms with van der Waals surface area (Å²) in [4.78, 5) is 12.2. The summed E-state index contributed by atoms with van der Waals surface area (Å²) in [6.07, 6.45) is 0.420. The van der Waals surface area contributed by atoms with Crippen LogP contribution in [0.5, 0.6) is 23.0 Å². The normalized spacial score (nSPS) is 16.1. The average molecular weight is 370 g/mol. The number of hydrogen-bond acceptors (Lipinski definition) is 6. The van der Waals surface area contributed by atoms with Gasteiger partial charge in [0, 0.05) is 30.5 Å². The maximum absolute atomic E-state index is 12.2. The summed E-state index contributed by atoms with van der Waals surface area (Å²) in [5.41, 5.74) is 1.96. The third-order valence-corrected chi connectivity index (χ3v) is 4.53. The van der Waals surface area contributed by atoms with Crippen LogP contribution >= 0.6 is 0 Å². The standard InChI is InChI=1S/C20H22N2O5/c1-12(23)22-17(14-7-5-6-8-18(14)24)11-16(21-22)15-9-13(25-2)10-19(26-3)20(15)27-4/h5-10,17,24H,11H2,1-4H3. The number of nitrogens with zero attached hydrogens (tertiary/aromatic N) is 2. The zero-order valence-electron chi connectivity index (χ0n) is 15.7. The van der Waals surface area contributed by atoms with Crippen LogP contribution in [0.4, 0.5) is 0 Å². The lowest BCUT2D eigenvalue weighted by Gasteiger charge is -2.21. The average Bonchev–Trinajstić information content (AvgIpc) is 3.12. The number of carbonyl (C=O) groups excluding carboxylic acids is 1. The maximum atomic E-state index is 12.2. The van der Waals surface area contributed by atoms with Crippen molar-refractivity contribution in [1.82, 2.24) is 5.01 Å². The van der Waals surface area contributed by atoms with Crippen LogP contribution in [0.3, 0.4) is 0 Å². The second-order valence-corrected chi connectivity index (χ2v) is 6.10. The minimum atomic E-state index is -0.402. The van der Waals surface area contributed by atoms with Gasteiger partial charge in [0.15, 0.2) is 11.5 Å². The Morgan fingerprint density at radius 1 is 1.15 bits per heavy atom. The van der Waals surface area contributed by atoms with Gasteiger partial charge in [-0.25, -0.2) is 5.01 Å². The molecule has 0 saturated heterocycles. The van der Waals surface area contributed by atoms with E-state index in [1.54, 1.807) is 51.7 Å². The number of hydrogen-bond donors (Lipinski definition) is 1. The van der Waals surface area contributed by atoms with Crippen molar-refractivity contribution in [3.05, 3.63) is 47.5 Å². The van der Waals surface area contributed by atoms with E-state index < -0.39 is 6.04 Å². The first-order valence-corrected chi connectivity index (χ1v) is 8.45. The molecule has 0 radical (unpaired) electrons. The fraction of sp³-hybridized carbons (Fsp3) is 0.300. The molecule has 1 aliphatic rings. The van der Waals surface area contributed by atoms with Crippen LogP contribution < -0.4 is 14.2 Å². The molecule has 1 heterocycles. The Kier molecular flexibility index (Phi) is 5.21. The van der Waals surface area contributed by atoms with E-state index >= 15 is 0 Å². The van der Waals surface area contributed by atoms with Gasteiger partial charge in [-0.3, -0.25) is 4.79 Å². The Bertz CT molecular complexity index is 894. The first kappa shape index (κ1) is 18.6. The molecule has 3 rings (SSSR count). The predicted octanol–water partition coefficient (Wildman–Crippen LogP) is 3.12. The molecule has 1 amide bonds. The minimum absolute atomic E-state index is 0.125. The van der Waals surface area contributed by atoms with Crippen LogP contribution in [-0.4, -0.2) is 43.1 Å². The molecule has 0 aromatic heterocycles. The van der Waals surface area contributed by atoms with Crippen molar-refractivity contribution in [2.24, 2.45) is 5.10 Å². The highest BCUT2D eigenvalue weighted by Gasteiger charge is 2.34. The monoisotopic (exact) mass is 370 g/mol. The molecule has 0 spiro atoms. The molecular weight excluding hydrogens is 348 g/mol. The molecule has 142 valence electrons. The number of ether oxygens (including phenoxy) is 3. The molecule has 2 aromatic rings. The van der Waals surface area contributed by atoms with Gasteiger partial charge in [-0.05, 0) is 12.1 Å². The Balaban J connectivity index is 2.09. The van der Waals surface area contributed by atoms with Crippen molar-refractivity contribution in [3.63, 3.8) is 0 Å². The molecule has 7 nitrogen and oxygen atoms in total. The van der Waals surface area contributed by atoms with Crippen molar-refractivity contribution in [1.29, 1.82) is 0 Å². The van der Waals surface area contributed by atoms with Gasteiger partial charge in [-0.1, -0.05) is 18.2 Å². The Morgan fingerprint density at radius 2 is 1.89 bits per heavy atom. The maximum Gasteiger partial charge on any atom is 0.240 e. The van der Waals surface area contributed by atoms with Gasteiger partial charge in [0.2, 0.25) is 5.91 Å². The van der Waals surface area contributed by atoms with Crippen LogP contribution in [0.25, 0.3) is 0 Å². The minimum Gasteiger partial charge on any atom is -0.508 e. The number of amides is 1. The second kappa shape index (κ2) is 7.57. The number of methoxy groups -OCH3 is 3. The van der Waals surface area contributed by atoms with E-state index in [4.69, 9.17) is 14.2 Å². The Labute approximate surface area is 157 Å². The number of benzene rings is 2. The fourth-order valence-corrected chi connectivity index (χ4v) is 3.25. The van der Waals surface area contributed by atoms with Gasteiger partial charge in [0.05, 0.1) is 33.1 Å². The van der Waals surface area contributed by atoms with Crippen molar-refractivity contribution in [2.45, 2.75) is 19.4 Å². The number of hydrazone groups is 1. The highest BCUT2D eigenvalue weighted by atomic mass is 16.5. The van der Waals surface area contributed by atoms with Gasteiger partial charge < -0.3 is 19.3 Å². The summed E-state index contributed by atoms with van der Waals surface area (Å²) >= 11 is 0. The molecule has 1 aliphatic heterocycles. The fourth-order valence-electron chi connectivity index (χ4n) is 3.25. The lowest BCUT2D eigenvalue weighted by Crippen LogP contribution is -2.24. The number of phenolic OH excluding ortho intramolecular Hbond substituents is 1. The van der Waals surface area contributed by atoms with Crippen molar-refractivity contribution in [3.8, 4) is 23.0 Å². The SMILES string of the molecule is COc1cc(OC)c(OC)c(C2=NN(C(C)=O)C(c3ccccc3O)C2)c1. The van der Waals surface area contributed by atoms with Gasteiger partial charge in [0.1, 0.15) is 11.5 Å². The van der Waals surface area contributed by atoms with Crippen LogP contribution in [0.15, 0.2) is 41.5 Å². The number of aromatic hydroxyl groups is 1. The first-order valence-electron chi connectivity index (χ1n) is 8.45. The molecule has 1 N–H and O–H groups in total. The van der Waals surface area contributed by atoms with E-state index in [0.29, 0.717) is 40.5 Å². The van der Waals surface area contributed by atoms with E-state index in [-0.39, 0.29) is 11.7 Å². The second-order valence-electron chi connectivity index (χ2n) is 6.10. The summed E-state index contributed by atoms with van der Waals surface area (Å²) < 4.78 is 16.3. The smallest absolute Gasteiger partial charge is 0.240 e. The summed E-state index contributed by atoms with van der Waals surface area (Å²) in [5, 5.41) is 16.1. The van der Waals surface area contributed by atoms with E-state index in [1.807, 2.05) is 6.07 Å². The molecule has 2 aromatic carbocycles. The quantitative estimate of drug-likeness (QED) is 0.875. The van der Waals surface area contributed by atoms with Gasteiger partial charge in [-0.15, -0.1) is 0 Å². The third-order valence-electron chi connectivity index (χ3n) is 4.53. The van der Waals surface area contributed by atoms with Crippen molar-refractivity contribution >= 4 is 11.6 Å². The number of carbonyl (C=O) groups is 1. The predicted molar refractivity (Wildman–Crippen MR) is 101 cm³/mol. The lowest BCUT2D eigenvalue weighted by molar-refractivity contribution is -0.130. The van der Waals surface area contributed by atoms with Gasteiger partial charge in [-0.2, -0.15) is 5.10 Å². The zero-order chi connectivity index (χ0) is 19.6. The van der Waals surface area contributed by atoms with Crippen LogP contribution in [0, 0.1) is 0 Å². The summed E-state index contributed by atoms with van der Waals surface area (Å²) in [7, 11) is 4.66. The molecule has 0 aliphatic carbocycles. The van der Waals surface area contributed by atoms with Gasteiger partial charge >= 0.3 is 0 Å². The summed E-state index contributed by atoms with van der Waals surface area (Å²) in [6.45, 7) is 1.45. The van der Waals surface area contributed by atoms with Crippen molar-refractivity contribution < 1.29 is 24.1 Å². The largest absolute Gasteiger partial charge is 0.508 e. The third kappa shape index (κ3) is 3.40. The first-order chi connectivity index (χ1) is 13.0. The summed E-state index contributed by atoms with van der Waals surface area (Å²) in [5.74, 6) is 1.52. The number of rotatable bonds is 5. The Hall–Kier alpha value is -3.22. The van der Waals surface area contributed by atoms with E-state index in [1.165, 1.54) is 11.9 Å². The molecule has 0 fully saturated rings. The zero-order valence-corrected chi connectivity index (χ0v) is 15.7. The molecule has 27 heavy (non-hydrogen) atoms. The molecule has 1 atom stereocenters. The highest BCUT2D eigenvalue weighted by Crippen LogP contribution is 2.42. The van der Waals surface area contributed by atoms with Crippen LogP contribution in [0.2, 0.25) is 0 Å². The van der Waals surface area contributed by atoms with Crippen molar-refractivity contribution in [2.75, 3.05) is 21.3 Å².